The van der Waals surface area contributed by atoms with Gasteiger partial charge in [0.1, 0.15) is 11.3 Å². The van der Waals surface area contributed by atoms with Crippen molar-refractivity contribution >= 4 is 16.9 Å². The van der Waals surface area contributed by atoms with Crippen molar-refractivity contribution in [2.75, 3.05) is 0 Å². The van der Waals surface area contributed by atoms with Gasteiger partial charge >= 0.3 is 11.6 Å². The zero-order valence-electron chi connectivity index (χ0n) is 10.7. The minimum absolute atomic E-state index is 0.360. The van der Waals surface area contributed by atoms with Crippen LogP contribution in [0, 0.1) is 0 Å². The van der Waals surface area contributed by atoms with E-state index >= 15 is 0 Å². The lowest BCUT2D eigenvalue weighted by Gasteiger charge is -2.11. The average Bonchev–Trinajstić information content (AvgIpc) is 2.37. The number of benzene rings is 1. The Morgan fingerprint density at radius 2 is 2.16 bits per heavy atom. The van der Waals surface area contributed by atoms with Crippen LogP contribution < -0.4 is 10.4 Å². The van der Waals surface area contributed by atoms with Gasteiger partial charge in [-0.15, -0.1) is 0 Å². The third kappa shape index (κ3) is 2.76. The highest BCUT2D eigenvalue weighted by Gasteiger charge is 2.13. The first-order chi connectivity index (χ1) is 9.01. The summed E-state index contributed by atoms with van der Waals surface area (Å²) in [6.07, 6.45) is -0.244. The fourth-order valence-corrected chi connectivity index (χ4v) is 1.83. The van der Waals surface area contributed by atoms with Crippen molar-refractivity contribution in [3.63, 3.8) is 0 Å². The molecule has 1 heterocycles. The maximum Gasteiger partial charge on any atom is 0.344 e. The van der Waals surface area contributed by atoms with Gasteiger partial charge in [-0.2, -0.15) is 0 Å². The Hall–Kier alpha value is -2.30. The highest BCUT2D eigenvalue weighted by molar-refractivity contribution is 5.81. The summed E-state index contributed by atoms with van der Waals surface area (Å²) in [7, 11) is 0. The molecular formula is C14H14O5. The Balaban J connectivity index is 2.46. The molecular weight excluding hydrogens is 248 g/mol. The molecule has 1 N–H and O–H groups in total. The first kappa shape index (κ1) is 13.1. The van der Waals surface area contributed by atoms with E-state index in [1.807, 2.05) is 6.92 Å². The molecule has 0 aliphatic carbocycles. The van der Waals surface area contributed by atoms with Gasteiger partial charge in [0.05, 0.1) is 0 Å². The summed E-state index contributed by atoms with van der Waals surface area (Å²) >= 11 is 0. The second-order valence-corrected chi connectivity index (χ2v) is 4.20. The molecule has 2 aromatic rings. The molecule has 5 heteroatoms. The Morgan fingerprint density at radius 3 is 2.79 bits per heavy atom. The molecule has 0 saturated carbocycles. The maximum atomic E-state index is 11.4. The van der Waals surface area contributed by atoms with Crippen LogP contribution in [0.4, 0.5) is 0 Å². The van der Waals surface area contributed by atoms with Crippen LogP contribution >= 0.6 is 0 Å². The largest absolute Gasteiger partial charge is 0.479 e. The normalized spacial score (nSPS) is 12.3. The standard InChI is InChI=1S/C14H14O5/c1-3-9-6-13(15)19-12-7-10(4-5-11(9)12)18-8(2)14(16)17/h4-8H,3H2,1-2H3,(H,16,17)/t8-/m1/s1. The van der Waals surface area contributed by atoms with Crippen LogP contribution in [0.3, 0.4) is 0 Å². The number of hydrogen-bond acceptors (Lipinski definition) is 4. The quantitative estimate of drug-likeness (QED) is 0.855. The van der Waals surface area contributed by atoms with E-state index in [9.17, 15) is 9.59 Å². The number of aryl methyl sites for hydroxylation is 1. The lowest BCUT2D eigenvalue weighted by Crippen LogP contribution is -2.22. The molecule has 0 bridgehead atoms. The minimum Gasteiger partial charge on any atom is -0.479 e. The summed E-state index contributed by atoms with van der Waals surface area (Å²) in [6.45, 7) is 3.39. The molecule has 0 fully saturated rings. The number of hydrogen-bond donors (Lipinski definition) is 1. The van der Waals surface area contributed by atoms with E-state index in [1.54, 1.807) is 12.1 Å². The first-order valence-electron chi connectivity index (χ1n) is 5.97. The van der Waals surface area contributed by atoms with E-state index in [4.69, 9.17) is 14.3 Å². The first-order valence-corrected chi connectivity index (χ1v) is 5.97. The summed E-state index contributed by atoms with van der Waals surface area (Å²) in [5.41, 5.74) is 0.872. The van der Waals surface area contributed by atoms with Gasteiger partial charge in [0.25, 0.3) is 0 Å². The summed E-state index contributed by atoms with van der Waals surface area (Å²) in [5.74, 6) is -0.692. The van der Waals surface area contributed by atoms with E-state index in [0.717, 1.165) is 10.9 Å². The molecule has 2 rings (SSSR count). The van der Waals surface area contributed by atoms with Crippen molar-refractivity contribution in [2.45, 2.75) is 26.4 Å². The molecule has 0 unspecified atom stereocenters. The fourth-order valence-electron chi connectivity index (χ4n) is 1.83. The predicted molar refractivity (Wildman–Crippen MR) is 69.6 cm³/mol. The Morgan fingerprint density at radius 1 is 1.42 bits per heavy atom. The molecule has 19 heavy (non-hydrogen) atoms. The SMILES string of the molecule is CCc1cc(=O)oc2cc(O[C@H](C)C(=O)O)ccc12. The maximum absolute atomic E-state index is 11.4. The van der Waals surface area contributed by atoms with Crippen molar-refractivity contribution < 1.29 is 19.1 Å². The summed E-state index contributed by atoms with van der Waals surface area (Å²) < 4.78 is 10.3. The third-order valence-electron chi connectivity index (χ3n) is 2.84. The van der Waals surface area contributed by atoms with Gasteiger partial charge in [-0.1, -0.05) is 6.92 Å². The molecule has 0 radical (unpaired) electrons. The molecule has 1 atom stereocenters. The molecule has 0 amide bonds. The third-order valence-corrected chi connectivity index (χ3v) is 2.84. The molecule has 5 nitrogen and oxygen atoms in total. The zero-order valence-corrected chi connectivity index (χ0v) is 10.7. The van der Waals surface area contributed by atoms with Crippen LogP contribution in [0.2, 0.25) is 0 Å². The Bertz CT molecular complexity index is 671. The number of aliphatic carboxylic acids is 1. The van der Waals surface area contributed by atoms with Gasteiger partial charge < -0.3 is 14.3 Å². The summed E-state index contributed by atoms with van der Waals surface area (Å²) in [6, 6.07) is 6.43. The molecule has 0 spiro atoms. The van der Waals surface area contributed by atoms with Gasteiger partial charge in [-0.3, -0.25) is 0 Å². The predicted octanol–water partition coefficient (Wildman–Crippen LogP) is 2.21. The van der Waals surface area contributed by atoms with Crippen LogP contribution in [0.5, 0.6) is 5.75 Å². The Labute approximate surface area is 109 Å². The summed E-state index contributed by atoms with van der Waals surface area (Å²) in [4.78, 5) is 22.1. The smallest absolute Gasteiger partial charge is 0.344 e. The van der Waals surface area contributed by atoms with Gasteiger partial charge in [-0.05, 0) is 31.0 Å². The lowest BCUT2D eigenvalue weighted by molar-refractivity contribution is -0.144. The van der Waals surface area contributed by atoms with Gasteiger partial charge in [-0.25, -0.2) is 9.59 Å². The zero-order chi connectivity index (χ0) is 14.0. The molecule has 0 aliphatic heterocycles. The van der Waals surface area contributed by atoms with Crippen LogP contribution in [0.15, 0.2) is 33.5 Å². The second kappa shape index (κ2) is 5.14. The number of carbonyl (C=O) groups is 1. The van der Waals surface area contributed by atoms with E-state index < -0.39 is 17.7 Å². The monoisotopic (exact) mass is 262 g/mol. The van der Waals surface area contributed by atoms with Crippen molar-refractivity contribution in [3.8, 4) is 5.75 Å². The molecule has 1 aromatic heterocycles. The Kier molecular flexibility index (Phi) is 3.55. The van der Waals surface area contributed by atoms with Crippen LogP contribution in [0.1, 0.15) is 19.4 Å². The number of carboxylic acid groups (broad SMARTS) is 1. The fraction of sp³-hybridized carbons (Fsp3) is 0.286. The highest BCUT2D eigenvalue weighted by atomic mass is 16.5. The number of rotatable bonds is 4. The number of carboxylic acids is 1. The molecule has 100 valence electrons. The van der Waals surface area contributed by atoms with E-state index in [-0.39, 0.29) is 0 Å². The van der Waals surface area contributed by atoms with Crippen molar-refractivity contribution in [3.05, 3.63) is 40.2 Å². The van der Waals surface area contributed by atoms with E-state index in [1.165, 1.54) is 19.1 Å². The minimum atomic E-state index is -1.05. The molecule has 0 saturated heterocycles. The topological polar surface area (TPSA) is 76.7 Å². The second-order valence-electron chi connectivity index (χ2n) is 4.20. The summed E-state index contributed by atoms with van der Waals surface area (Å²) in [5, 5.41) is 9.62. The lowest BCUT2D eigenvalue weighted by atomic mass is 10.1. The van der Waals surface area contributed by atoms with Crippen molar-refractivity contribution in [1.29, 1.82) is 0 Å². The average molecular weight is 262 g/mol. The number of ether oxygens (including phenoxy) is 1. The van der Waals surface area contributed by atoms with Crippen molar-refractivity contribution in [1.82, 2.24) is 0 Å². The molecule has 0 aliphatic rings. The van der Waals surface area contributed by atoms with Gasteiger partial charge in [0, 0.05) is 17.5 Å². The highest BCUT2D eigenvalue weighted by Crippen LogP contribution is 2.23. The van der Waals surface area contributed by atoms with Crippen LogP contribution in [-0.4, -0.2) is 17.2 Å². The van der Waals surface area contributed by atoms with Crippen LogP contribution in [0.25, 0.3) is 11.0 Å². The van der Waals surface area contributed by atoms with Crippen molar-refractivity contribution in [2.24, 2.45) is 0 Å². The van der Waals surface area contributed by atoms with Gasteiger partial charge in [0.2, 0.25) is 0 Å². The van der Waals surface area contributed by atoms with E-state index in [2.05, 4.69) is 0 Å². The van der Waals surface area contributed by atoms with Crippen LogP contribution in [-0.2, 0) is 11.2 Å². The number of fused-ring (bicyclic) bond motifs is 1. The van der Waals surface area contributed by atoms with E-state index in [0.29, 0.717) is 17.8 Å². The van der Waals surface area contributed by atoms with Gasteiger partial charge in [0.15, 0.2) is 6.10 Å². The molecule has 1 aromatic carbocycles.